The number of rotatable bonds is 10. The number of hydrogen-bond donors (Lipinski definition) is 2. The fraction of sp³-hybridized carbons (Fsp3) is 0.129. The molecule has 1 amide bonds. The van der Waals surface area contributed by atoms with Gasteiger partial charge in [-0.3, -0.25) is 4.79 Å². The third-order valence-corrected chi connectivity index (χ3v) is 5.89. The molecule has 0 radical (unpaired) electrons. The number of ether oxygens (including phenoxy) is 2. The number of nitrogens with one attached hydrogen (secondary N) is 1. The molecule has 0 aliphatic carbocycles. The van der Waals surface area contributed by atoms with Gasteiger partial charge in [0.05, 0.1) is 17.2 Å². The summed E-state index contributed by atoms with van der Waals surface area (Å²) < 4.78 is 38.0. The normalized spacial score (nSPS) is 11.4. The molecule has 0 aliphatic heterocycles. The van der Waals surface area contributed by atoms with Crippen molar-refractivity contribution in [3.63, 3.8) is 0 Å². The number of nitrogens with two attached hydrogens (primary N) is 1. The van der Waals surface area contributed by atoms with E-state index >= 15 is 0 Å². The van der Waals surface area contributed by atoms with Crippen LogP contribution >= 0.6 is 0 Å². The number of anilines is 1. The molecule has 7 nitrogen and oxygen atoms in total. The van der Waals surface area contributed by atoms with Gasteiger partial charge in [0.1, 0.15) is 24.8 Å². The molecule has 3 N–H and O–H groups in total. The zero-order valence-corrected chi connectivity index (χ0v) is 21.3. The Morgan fingerprint density at radius 2 is 1.25 bits per heavy atom. The third kappa shape index (κ3) is 7.81. The summed E-state index contributed by atoms with van der Waals surface area (Å²) in [7, 11) is 0. The van der Waals surface area contributed by atoms with Crippen molar-refractivity contribution in [3.8, 4) is 0 Å². The van der Waals surface area contributed by atoms with Crippen LogP contribution < -0.4 is 11.1 Å². The van der Waals surface area contributed by atoms with Crippen LogP contribution in [0.15, 0.2) is 97.1 Å². The van der Waals surface area contributed by atoms with Crippen molar-refractivity contribution in [2.45, 2.75) is 25.7 Å². The number of hydrogen-bond acceptors (Lipinski definition) is 6. The lowest BCUT2D eigenvalue weighted by Crippen LogP contribution is -2.37. The molecule has 0 aromatic heterocycles. The van der Waals surface area contributed by atoms with Gasteiger partial charge in [-0.2, -0.15) is 0 Å². The fourth-order valence-electron chi connectivity index (χ4n) is 3.80. The Hall–Kier alpha value is -4.89. The summed E-state index contributed by atoms with van der Waals surface area (Å²) in [5.74, 6) is -3.73. The average molecular weight is 545 g/mol. The van der Waals surface area contributed by atoms with Crippen LogP contribution in [0.25, 0.3) is 0 Å². The van der Waals surface area contributed by atoms with Crippen LogP contribution in [0.3, 0.4) is 0 Å². The highest BCUT2D eigenvalue weighted by Gasteiger charge is 2.20. The van der Waals surface area contributed by atoms with E-state index in [0.29, 0.717) is 6.07 Å². The maximum atomic E-state index is 14.0. The van der Waals surface area contributed by atoms with Gasteiger partial charge >= 0.3 is 11.9 Å². The van der Waals surface area contributed by atoms with E-state index < -0.39 is 35.5 Å². The van der Waals surface area contributed by atoms with Crippen molar-refractivity contribution >= 4 is 23.5 Å². The van der Waals surface area contributed by atoms with E-state index in [1.165, 1.54) is 24.3 Å². The second-order valence-corrected chi connectivity index (χ2v) is 8.96. The molecule has 0 aliphatic rings. The molecule has 0 fully saturated rings. The van der Waals surface area contributed by atoms with Crippen molar-refractivity contribution in [2.75, 3.05) is 5.32 Å². The molecule has 0 bridgehead atoms. The van der Waals surface area contributed by atoms with E-state index in [1.807, 2.05) is 12.1 Å². The Bertz CT molecular complexity index is 1420. The molecular weight excluding hydrogens is 518 g/mol. The number of esters is 2. The molecule has 4 aromatic rings. The van der Waals surface area contributed by atoms with E-state index in [4.69, 9.17) is 15.2 Å². The first kappa shape index (κ1) is 28.1. The summed E-state index contributed by atoms with van der Waals surface area (Å²) in [6.45, 7) is -0.00366. The number of carbonyl (C=O) groups is 3. The van der Waals surface area contributed by atoms with E-state index in [2.05, 4.69) is 5.32 Å². The lowest BCUT2D eigenvalue weighted by molar-refractivity contribution is -0.117. The van der Waals surface area contributed by atoms with Gasteiger partial charge in [0, 0.05) is 11.8 Å². The summed E-state index contributed by atoms with van der Waals surface area (Å²) in [6, 6.07) is 23.8. The Balaban J connectivity index is 1.52. The van der Waals surface area contributed by atoms with Gasteiger partial charge in [-0.05, 0) is 47.4 Å². The van der Waals surface area contributed by atoms with Gasteiger partial charge < -0.3 is 20.5 Å². The monoisotopic (exact) mass is 544 g/mol. The Morgan fingerprint density at radius 3 is 1.75 bits per heavy atom. The maximum Gasteiger partial charge on any atom is 0.338 e. The molecule has 4 aromatic carbocycles. The van der Waals surface area contributed by atoms with Crippen LogP contribution in [0.1, 0.15) is 37.4 Å². The van der Waals surface area contributed by atoms with Crippen LogP contribution in [-0.4, -0.2) is 23.9 Å². The maximum absolute atomic E-state index is 14.0. The van der Waals surface area contributed by atoms with Crippen LogP contribution in [0.4, 0.5) is 14.5 Å². The summed E-state index contributed by atoms with van der Waals surface area (Å²) in [6.07, 6.45) is -0.206. The van der Waals surface area contributed by atoms with Gasteiger partial charge in [0.25, 0.3) is 0 Å². The summed E-state index contributed by atoms with van der Waals surface area (Å²) in [5.41, 5.74) is 7.64. The molecular formula is C31H26F2N2O5. The van der Waals surface area contributed by atoms with Crippen molar-refractivity contribution in [1.82, 2.24) is 0 Å². The van der Waals surface area contributed by atoms with E-state index in [-0.39, 0.29) is 42.0 Å². The number of benzene rings is 4. The van der Waals surface area contributed by atoms with E-state index in [9.17, 15) is 23.2 Å². The minimum absolute atomic E-state index is 0.00135. The molecule has 40 heavy (non-hydrogen) atoms. The fourth-order valence-corrected chi connectivity index (χ4v) is 3.80. The van der Waals surface area contributed by atoms with Crippen LogP contribution in [0.2, 0.25) is 0 Å². The first-order valence-electron chi connectivity index (χ1n) is 12.4. The first-order chi connectivity index (χ1) is 19.3. The predicted molar refractivity (Wildman–Crippen MR) is 144 cm³/mol. The quantitative estimate of drug-likeness (QED) is 0.266. The molecule has 0 saturated heterocycles. The zero-order chi connectivity index (χ0) is 28.5. The Morgan fingerprint density at radius 1 is 0.725 bits per heavy atom. The minimum Gasteiger partial charge on any atom is -0.457 e. The molecule has 0 unspecified atom stereocenters. The smallest absolute Gasteiger partial charge is 0.338 e. The molecule has 4 rings (SSSR count). The predicted octanol–water partition coefficient (Wildman–Crippen LogP) is 5.19. The molecule has 9 heteroatoms. The number of halogens is 2. The highest BCUT2D eigenvalue weighted by molar-refractivity contribution is 6.00. The first-order valence-corrected chi connectivity index (χ1v) is 12.4. The van der Waals surface area contributed by atoms with Crippen molar-refractivity contribution < 1.29 is 32.6 Å². The van der Waals surface area contributed by atoms with E-state index in [0.717, 1.165) is 17.2 Å². The van der Waals surface area contributed by atoms with Crippen LogP contribution in [0, 0.1) is 11.6 Å². The molecule has 204 valence electrons. The average Bonchev–Trinajstić information content (AvgIpc) is 2.97. The van der Waals surface area contributed by atoms with E-state index in [1.54, 1.807) is 48.5 Å². The standard InChI is InChI=1S/C31H26F2N2O5/c32-25-12-11-22(27(33)17-25)16-28(34)29(36)35-26-14-23(30(37)39-18-20-7-3-1-4-8-20)13-24(15-26)31(38)40-19-21-9-5-2-6-10-21/h1-15,17,28H,16,18-19,34H2,(H,35,36)/t28-/m0/s1. The largest absolute Gasteiger partial charge is 0.457 e. The van der Waals surface area contributed by atoms with Gasteiger partial charge in [-0.1, -0.05) is 66.7 Å². The van der Waals surface area contributed by atoms with Gasteiger partial charge in [-0.25, -0.2) is 18.4 Å². The topological polar surface area (TPSA) is 108 Å². The summed E-state index contributed by atoms with van der Waals surface area (Å²) in [5, 5.41) is 2.55. The molecule has 0 saturated carbocycles. The van der Waals surface area contributed by atoms with Gasteiger partial charge in [0.15, 0.2) is 0 Å². The van der Waals surface area contributed by atoms with Crippen molar-refractivity contribution in [3.05, 3.63) is 137 Å². The third-order valence-electron chi connectivity index (χ3n) is 5.89. The SMILES string of the molecule is N[C@@H](Cc1ccc(F)cc1F)C(=O)Nc1cc(C(=O)OCc2ccccc2)cc(C(=O)OCc2ccccc2)c1. The van der Waals surface area contributed by atoms with Gasteiger partial charge in [0.2, 0.25) is 5.91 Å². The number of amides is 1. The molecule has 0 heterocycles. The number of carbonyl (C=O) groups excluding carboxylic acids is 3. The Kier molecular flexibility index (Phi) is 9.32. The van der Waals surface area contributed by atoms with Gasteiger partial charge in [-0.15, -0.1) is 0 Å². The van der Waals surface area contributed by atoms with Crippen molar-refractivity contribution in [1.29, 1.82) is 0 Å². The highest BCUT2D eigenvalue weighted by atomic mass is 19.1. The second kappa shape index (κ2) is 13.3. The van der Waals surface area contributed by atoms with Crippen LogP contribution in [0.5, 0.6) is 0 Å². The van der Waals surface area contributed by atoms with Crippen LogP contribution in [-0.2, 0) is 33.9 Å². The highest BCUT2D eigenvalue weighted by Crippen LogP contribution is 2.20. The molecule has 1 atom stereocenters. The lowest BCUT2D eigenvalue weighted by atomic mass is 10.0. The minimum atomic E-state index is -1.21. The second-order valence-electron chi connectivity index (χ2n) is 8.96. The zero-order valence-electron chi connectivity index (χ0n) is 21.3. The summed E-state index contributed by atoms with van der Waals surface area (Å²) in [4.78, 5) is 38.5. The Labute approximate surface area is 229 Å². The van der Waals surface area contributed by atoms with Crippen molar-refractivity contribution in [2.24, 2.45) is 5.73 Å². The molecule has 0 spiro atoms. The summed E-state index contributed by atoms with van der Waals surface area (Å²) >= 11 is 0. The lowest BCUT2D eigenvalue weighted by Gasteiger charge is -2.15.